The minimum absolute atomic E-state index is 0.0970. The number of carbonyl (C=O) groups is 1. The zero-order chi connectivity index (χ0) is 17.6. The van der Waals surface area contributed by atoms with Gasteiger partial charge < -0.3 is 4.90 Å². The van der Waals surface area contributed by atoms with E-state index in [1.54, 1.807) is 4.90 Å². The second-order valence-electron chi connectivity index (χ2n) is 7.14. The highest BCUT2D eigenvalue weighted by Crippen LogP contribution is 2.32. The highest BCUT2D eigenvalue weighted by atomic mass is 16.2. The number of rotatable bonds is 5. The van der Waals surface area contributed by atoms with Crippen LogP contribution in [0.1, 0.15) is 36.3 Å². The summed E-state index contributed by atoms with van der Waals surface area (Å²) in [6, 6.07) is 21.1. The van der Waals surface area contributed by atoms with E-state index in [-0.39, 0.29) is 17.9 Å². The Labute approximate surface area is 151 Å². The fourth-order valence-electron chi connectivity index (χ4n) is 3.88. The van der Waals surface area contributed by atoms with E-state index >= 15 is 0 Å². The van der Waals surface area contributed by atoms with E-state index in [1.807, 2.05) is 32.3 Å². The Kier molecular flexibility index (Phi) is 5.87. The van der Waals surface area contributed by atoms with Crippen LogP contribution in [0, 0.1) is 0 Å². The molecule has 0 unspecified atom stereocenters. The molecule has 0 aromatic heterocycles. The third kappa shape index (κ3) is 4.29. The zero-order valence-corrected chi connectivity index (χ0v) is 15.3. The van der Waals surface area contributed by atoms with Crippen LogP contribution < -0.4 is 0 Å². The quantitative estimate of drug-likeness (QED) is 0.826. The summed E-state index contributed by atoms with van der Waals surface area (Å²) in [6.45, 7) is 1.97. The van der Waals surface area contributed by atoms with Crippen molar-refractivity contribution in [1.29, 1.82) is 0 Å². The zero-order valence-electron chi connectivity index (χ0n) is 15.3. The smallest absolute Gasteiger partial charge is 0.231 e. The van der Waals surface area contributed by atoms with Gasteiger partial charge in [0, 0.05) is 26.7 Å². The van der Waals surface area contributed by atoms with Crippen LogP contribution >= 0.6 is 0 Å². The monoisotopic (exact) mass is 336 g/mol. The molecule has 0 radical (unpaired) electrons. The molecule has 2 atom stereocenters. The summed E-state index contributed by atoms with van der Waals surface area (Å²) in [6.07, 6.45) is 3.48. The fourth-order valence-corrected chi connectivity index (χ4v) is 3.88. The number of piperidine rings is 1. The molecule has 0 aliphatic carbocycles. The summed E-state index contributed by atoms with van der Waals surface area (Å²) in [5.74, 6) is 0.108. The van der Waals surface area contributed by atoms with Gasteiger partial charge in [-0.15, -0.1) is 0 Å². The van der Waals surface area contributed by atoms with Crippen LogP contribution in [-0.4, -0.2) is 42.4 Å². The summed E-state index contributed by atoms with van der Waals surface area (Å²) in [5.41, 5.74) is 2.45. The molecule has 1 aliphatic rings. The molecular weight excluding hydrogens is 308 g/mol. The van der Waals surface area contributed by atoms with Gasteiger partial charge in [0.25, 0.3) is 0 Å². The molecule has 3 rings (SSSR count). The average molecular weight is 336 g/mol. The normalized spacial score (nSPS) is 19.4. The largest absolute Gasteiger partial charge is 0.348 e. The molecule has 1 amide bonds. The molecular formula is C22H28N2O. The lowest BCUT2D eigenvalue weighted by Crippen LogP contribution is -2.47. The van der Waals surface area contributed by atoms with Crippen molar-refractivity contribution in [3.8, 4) is 0 Å². The van der Waals surface area contributed by atoms with Gasteiger partial charge in [-0.1, -0.05) is 67.1 Å². The molecule has 25 heavy (non-hydrogen) atoms. The Bertz CT molecular complexity index is 669. The van der Waals surface area contributed by atoms with Crippen molar-refractivity contribution in [1.82, 2.24) is 9.80 Å². The van der Waals surface area contributed by atoms with E-state index < -0.39 is 0 Å². The lowest BCUT2D eigenvalue weighted by molar-refractivity contribution is -0.132. The molecule has 3 heteroatoms. The standard InChI is InChI=1S/C22H28N2O/c1-23(2)22(25)21(19-13-7-4-8-14-19)20-15-9-10-16-24(20)17-18-11-5-3-6-12-18/h3-8,11-14,20-21H,9-10,15-17H2,1-2H3/t20-,21-/m1/s1. The van der Waals surface area contributed by atoms with Crippen molar-refractivity contribution < 1.29 is 4.79 Å². The predicted molar refractivity (Wildman–Crippen MR) is 102 cm³/mol. The van der Waals surface area contributed by atoms with Crippen molar-refractivity contribution in [2.75, 3.05) is 20.6 Å². The molecule has 2 aromatic rings. The topological polar surface area (TPSA) is 23.6 Å². The number of carbonyl (C=O) groups excluding carboxylic acids is 1. The van der Waals surface area contributed by atoms with Crippen molar-refractivity contribution >= 4 is 5.91 Å². The average Bonchev–Trinajstić information content (AvgIpc) is 2.65. The highest BCUT2D eigenvalue weighted by molar-refractivity contribution is 5.84. The van der Waals surface area contributed by atoms with Crippen molar-refractivity contribution in [3.63, 3.8) is 0 Å². The molecule has 1 heterocycles. The molecule has 1 aliphatic heterocycles. The number of likely N-dealkylation sites (N-methyl/N-ethyl adjacent to an activating group) is 1. The van der Waals surface area contributed by atoms with Gasteiger partial charge in [-0.25, -0.2) is 0 Å². The van der Waals surface area contributed by atoms with Gasteiger partial charge in [0.1, 0.15) is 0 Å². The number of likely N-dealkylation sites (tertiary alicyclic amines) is 1. The van der Waals surface area contributed by atoms with Crippen LogP contribution in [0.4, 0.5) is 0 Å². The lowest BCUT2D eigenvalue weighted by Gasteiger charge is -2.41. The maximum absolute atomic E-state index is 13.0. The Balaban J connectivity index is 1.90. The van der Waals surface area contributed by atoms with Gasteiger partial charge in [0.15, 0.2) is 0 Å². The summed E-state index contributed by atoms with van der Waals surface area (Å²) in [4.78, 5) is 17.3. The third-order valence-corrected chi connectivity index (χ3v) is 5.14. The van der Waals surface area contributed by atoms with Gasteiger partial charge in [0.2, 0.25) is 5.91 Å². The summed E-state index contributed by atoms with van der Waals surface area (Å²) >= 11 is 0. The van der Waals surface area contributed by atoms with Crippen LogP contribution in [0.25, 0.3) is 0 Å². The van der Waals surface area contributed by atoms with E-state index in [1.165, 1.54) is 18.4 Å². The van der Waals surface area contributed by atoms with Gasteiger partial charge in [-0.05, 0) is 30.5 Å². The van der Waals surface area contributed by atoms with Crippen LogP contribution in [0.15, 0.2) is 60.7 Å². The van der Waals surface area contributed by atoms with Gasteiger partial charge in [-0.2, -0.15) is 0 Å². The fraction of sp³-hybridized carbons (Fsp3) is 0.409. The van der Waals surface area contributed by atoms with Crippen LogP contribution in [-0.2, 0) is 11.3 Å². The highest BCUT2D eigenvalue weighted by Gasteiger charge is 2.36. The summed E-state index contributed by atoms with van der Waals surface area (Å²) < 4.78 is 0. The Morgan fingerprint density at radius 2 is 1.68 bits per heavy atom. The first-order valence-electron chi connectivity index (χ1n) is 9.21. The molecule has 1 saturated heterocycles. The number of hydrogen-bond donors (Lipinski definition) is 0. The second kappa shape index (κ2) is 8.30. The van der Waals surface area contributed by atoms with E-state index in [4.69, 9.17) is 0 Å². The molecule has 0 saturated carbocycles. The van der Waals surface area contributed by atoms with Crippen molar-refractivity contribution in [2.45, 2.75) is 37.8 Å². The van der Waals surface area contributed by atoms with Crippen LogP contribution in [0.5, 0.6) is 0 Å². The molecule has 132 valence electrons. The van der Waals surface area contributed by atoms with E-state index in [9.17, 15) is 4.79 Å². The second-order valence-corrected chi connectivity index (χ2v) is 7.14. The molecule has 0 N–H and O–H groups in total. The molecule has 0 bridgehead atoms. The number of nitrogens with zero attached hydrogens (tertiary/aromatic N) is 2. The minimum atomic E-state index is -0.0970. The molecule has 3 nitrogen and oxygen atoms in total. The first kappa shape index (κ1) is 17.7. The van der Waals surface area contributed by atoms with E-state index in [0.29, 0.717) is 0 Å². The minimum Gasteiger partial charge on any atom is -0.348 e. The number of benzene rings is 2. The first-order chi connectivity index (χ1) is 12.2. The van der Waals surface area contributed by atoms with Crippen LogP contribution in [0.3, 0.4) is 0 Å². The van der Waals surface area contributed by atoms with Gasteiger partial charge in [0.05, 0.1) is 5.92 Å². The third-order valence-electron chi connectivity index (χ3n) is 5.14. The van der Waals surface area contributed by atoms with Crippen molar-refractivity contribution in [2.24, 2.45) is 0 Å². The lowest BCUT2D eigenvalue weighted by atomic mass is 9.84. The predicted octanol–water partition coefficient (Wildman–Crippen LogP) is 3.91. The SMILES string of the molecule is CN(C)C(=O)[C@H](c1ccccc1)[C@H]1CCCCN1Cc1ccccc1. The molecule has 1 fully saturated rings. The van der Waals surface area contributed by atoms with E-state index in [0.717, 1.165) is 25.1 Å². The maximum atomic E-state index is 13.0. The molecule has 0 spiro atoms. The van der Waals surface area contributed by atoms with Gasteiger partial charge >= 0.3 is 0 Å². The Morgan fingerprint density at radius 1 is 1.04 bits per heavy atom. The summed E-state index contributed by atoms with van der Waals surface area (Å²) in [5, 5.41) is 0. The first-order valence-corrected chi connectivity index (χ1v) is 9.21. The van der Waals surface area contributed by atoms with Gasteiger partial charge in [-0.3, -0.25) is 9.69 Å². The number of amides is 1. The maximum Gasteiger partial charge on any atom is 0.231 e. The number of hydrogen-bond acceptors (Lipinski definition) is 2. The van der Waals surface area contributed by atoms with Crippen LogP contribution in [0.2, 0.25) is 0 Å². The Hall–Kier alpha value is -2.13. The summed E-state index contributed by atoms with van der Waals surface area (Å²) in [7, 11) is 3.73. The molecule has 2 aromatic carbocycles. The van der Waals surface area contributed by atoms with E-state index in [2.05, 4.69) is 47.4 Å². The van der Waals surface area contributed by atoms with Crippen molar-refractivity contribution in [3.05, 3.63) is 71.8 Å². The Morgan fingerprint density at radius 3 is 2.32 bits per heavy atom.